The molecule has 1 N–H and O–H groups in total. The number of nitrogens with zero attached hydrogens (tertiary/aromatic N) is 1. The summed E-state index contributed by atoms with van der Waals surface area (Å²) >= 11 is 3.54. The topological polar surface area (TPSA) is 24.5 Å². The van der Waals surface area contributed by atoms with Crippen LogP contribution in [-0.2, 0) is 0 Å². The molecule has 1 fully saturated rings. The Morgan fingerprint density at radius 3 is 3.10 bits per heavy atom. The number of ether oxygens (including phenoxy) is 1. The van der Waals surface area contributed by atoms with Crippen LogP contribution >= 0.6 is 15.9 Å². The molecule has 4 heteroatoms. The third kappa shape index (κ3) is 3.99. The molecule has 2 atom stereocenters. The van der Waals surface area contributed by atoms with Crippen LogP contribution in [0.5, 0.6) is 5.75 Å². The van der Waals surface area contributed by atoms with Gasteiger partial charge in [0.15, 0.2) is 0 Å². The minimum atomic E-state index is 0.433. The van der Waals surface area contributed by atoms with Gasteiger partial charge in [0.25, 0.3) is 0 Å². The smallest absolute Gasteiger partial charge is 0.125 e. The molecule has 0 aliphatic carbocycles. The van der Waals surface area contributed by atoms with Crippen LogP contribution in [0.3, 0.4) is 0 Å². The first kappa shape index (κ1) is 15.3. The molecule has 1 aromatic carbocycles. The third-order valence-electron chi connectivity index (χ3n) is 4.62. The van der Waals surface area contributed by atoms with Crippen molar-refractivity contribution in [2.24, 2.45) is 5.92 Å². The molecule has 0 aromatic heterocycles. The molecular formula is C17H25BrN2O. The summed E-state index contributed by atoms with van der Waals surface area (Å²) in [6.07, 6.45) is 4.97. The zero-order chi connectivity index (χ0) is 14.7. The molecule has 116 valence electrons. The molecule has 3 nitrogen and oxygen atoms in total. The molecule has 2 aliphatic heterocycles. The van der Waals surface area contributed by atoms with Gasteiger partial charge in [0.05, 0.1) is 6.61 Å². The average Bonchev–Trinajstić information content (AvgIpc) is 2.67. The zero-order valence-electron chi connectivity index (χ0n) is 12.8. The molecule has 1 saturated heterocycles. The second kappa shape index (κ2) is 7.12. The maximum Gasteiger partial charge on any atom is 0.125 e. The number of halogens is 1. The van der Waals surface area contributed by atoms with Crippen LogP contribution in [0.2, 0.25) is 0 Å². The number of rotatable bonds is 3. The number of hydrogen-bond acceptors (Lipinski definition) is 3. The van der Waals surface area contributed by atoms with E-state index in [1.54, 1.807) is 0 Å². The second-order valence-corrected chi connectivity index (χ2v) is 7.32. The number of likely N-dealkylation sites (tertiary alicyclic amines) is 1. The van der Waals surface area contributed by atoms with Gasteiger partial charge < -0.3 is 15.0 Å². The van der Waals surface area contributed by atoms with E-state index in [-0.39, 0.29) is 0 Å². The van der Waals surface area contributed by atoms with Crippen LogP contribution in [0.1, 0.15) is 37.3 Å². The van der Waals surface area contributed by atoms with Crippen molar-refractivity contribution in [2.75, 3.05) is 33.3 Å². The predicted octanol–water partition coefficient (Wildman–Crippen LogP) is 3.59. The van der Waals surface area contributed by atoms with E-state index in [1.807, 2.05) is 0 Å². The van der Waals surface area contributed by atoms with Gasteiger partial charge in [-0.25, -0.2) is 0 Å². The lowest BCUT2D eigenvalue weighted by Crippen LogP contribution is -2.38. The average molecular weight is 353 g/mol. The van der Waals surface area contributed by atoms with Crippen LogP contribution in [0.25, 0.3) is 0 Å². The quantitative estimate of drug-likeness (QED) is 0.899. The predicted molar refractivity (Wildman–Crippen MR) is 89.8 cm³/mol. The van der Waals surface area contributed by atoms with Crippen molar-refractivity contribution >= 4 is 15.9 Å². The molecule has 2 heterocycles. The lowest BCUT2D eigenvalue weighted by atomic mass is 9.96. The fourth-order valence-electron chi connectivity index (χ4n) is 3.51. The largest absolute Gasteiger partial charge is 0.493 e. The minimum Gasteiger partial charge on any atom is -0.493 e. The lowest BCUT2D eigenvalue weighted by Gasteiger charge is -2.31. The highest BCUT2D eigenvalue weighted by Crippen LogP contribution is 2.33. The fraction of sp³-hybridized carbons (Fsp3) is 0.647. The Balaban J connectivity index is 1.65. The molecule has 0 radical (unpaired) electrons. The molecule has 0 saturated carbocycles. The molecule has 2 unspecified atom stereocenters. The van der Waals surface area contributed by atoms with E-state index in [0.29, 0.717) is 6.04 Å². The van der Waals surface area contributed by atoms with Crippen molar-refractivity contribution in [3.8, 4) is 5.75 Å². The van der Waals surface area contributed by atoms with Crippen LogP contribution in [0.15, 0.2) is 22.7 Å². The van der Waals surface area contributed by atoms with Crippen LogP contribution in [0.4, 0.5) is 0 Å². The normalized spacial score (nSPS) is 26.8. The van der Waals surface area contributed by atoms with Gasteiger partial charge in [-0.3, -0.25) is 0 Å². The Morgan fingerprint density at radius 2 is 2.24 bits per heavy atom. The van der Waals surface area contributed by atoms with E-state index in [9.17, 15) is 0 Å². The van der Waals surface area contributed by atoms with E-state index >= 15 is 0 Å². The summed E-state index contributed by atoms with van der Waals surface area (Å²) < 4.78 is 6.98. The van der Waals surface area contributed by atoms with Crippen LogP contribution in [-0.4, -0.2) is 38.2 Å². The maximum atomic E-state index is 5.89. The Hall–Kier alpha value is -0.580. The SMILES string of the molecule is CN1CCCC(CNC2CCCOc3cc(Br)ccc32)C1. The lowest BCUT2D eigenvalue weighted by molar-refractivity contribution is 0.202. The Labute approximate surface area is 136 Å². The summed E-state index contributed by atoms with van der Waals surface area (Å²) in [7, 11) is 2.23. The Bertz CT molecular complexity index is 480. The number of hydrogen-bond donors (Lipinski definition) is 1. The zero-order valence-corrected chi connectivity index (χ0v) is 14.4. The molecule has 0 amide bonds. The minimum absolute atomic E-state index is 0.433. The van der Waals surface area contributed by atoms with E-state index in [1.165, 1.54) is 31.5 Å². The number of piperidine rings is 1. The monoisotopic (exact) mass is 352 g/mol. The molecule has 21 heavy (non-hydrogen) atoms. The van der Waals surface area contributed by atoms with Gasteiger partial charge >= 0.3 is 0 Å². The summed E-state index contributed by atoms with van der Waals surface area (Å²) in [6.45, 7) is 4.42. The van der Waals surface area contributed by atoms with Crippen molar-refractivity contribution in [1.29, 1.82) is 0 Å². The van der Waals surface area contributed by atoms with Crippen molar-refractivity contribution in [3.63, 3.8) is 0 Å². The summed E-state index contributed by atoms with van der Waals surface area (Å²) in [5.41, 5.74) is 1.32. The van der Waals surface area contributed by atoms with Gasteiger partial charge in [-0.2, -0.15) is 0 Å². The number of fused-ring (bicyclic) bond motifs is 1. The van der Waals surface area contributed by atoms with Crippen LogP contribution < -0.4 is 10.1 Å². The highest BCUT2D eigenvalue weighted by atomic mass is 79.9. The maximum absolute atomic E-state index is 5.89. The van der Waals surface area contributed by atoms with E-state index < -0.39 is 0 Å². The highest BCUT2D eigenvalue weighted by Gasteiger charge is 2.22. The van der Waals surface area contributed by atoms with Gasteiger partial charge in [-0.15, -0.1) is 0 Å². The molecule has 0 spiro atoms. The van der Waals surface area contributed by atoms with Crippen molar-refractivity contribution < 1.29 is 4.74 Å². The van der Waals surface area contributed by atoms with Gasteiger partial charge in [-0.1, -0.05) is 22.0 Å². The first-order valence-corrected chi connectivity index (χ1v) is 8.86. The van der Waals surface area contributed by atoms with E-state index in [0.717, 1.165) is 42.1 Å². The first-order chi connectivity index (χ1) is 10.2. The van der Waals surface area contributed by atoms with Crippen molar-refractivity contribution in [2.45, 2.75) is 31.7 Å². The van der Waals surface area contributed by atoms with Gasteiger partial charge in [0.1, 0.15) is 5.75 Å². The Kier molecular flexibility index (Phi) is 5.19. The number of nitrogens with one attached hydrogen (secondary N) is 1. The Morgan fingerprint density at radius 1 is 1.33 bits per heavy atom. The molecular weight excluding hydrogens is 328 g/mol. The third-order valence-corrected chi connectivity index (χ3v) is 5.11. The fourth-order valence-corrected chi connectivity index (χ4v) is 3.85. The summed E-state index contributed by atoms with van der Waals surface area (Å²) in [4.78, 5) is 2.46. The van der Waals surface area contributed by atoms with E-state index in [2.05, 4.69) is 51.4 Å². The standard InChI is InChI=1S/C17H25BrN2O/c1-20-8-2-4-13(12-20)11-19-16-5-3-9-21-17-10-14(18)6-7-15(16)17/h6-7,10,13,16,19H,2-5,8-9,11-12H2,1H3. The molecule has 1 aromatic rings. The second-order valence-electron chi connectivity index (χ2n) is 6.40. The summed E-state index contributed by atoms with van der Waals surface area (Å²) in [5, 5.41) is 3.81. The van der Waals surface area contributed by atoms with Gasteiger partial charge in [0.2, 0.25) is 0 Å². The highest BCUT2D eigenvalue weighted by molar-refractivity contribution is 9.10. The van der Waals surface area contributed by atoms with E-state index in [4.69, 9.17) is 4.74 Å². The van der Waals surface area contributed by atoms with Crippen molar-refractivity contribution in [3.05, 3.63) is 28.2 Å². The number of benzene rings is 1. The first-order valence-electron chi connectivity index (χ1n) is 8.06. The van der Waals surface area contributed by atoms with Crippen molar-refractivity contribution in [1.82, 2.24) is 10.2 Å². The van der Waals surface area contributed by atoms with Gasteiger partial charge in [0, 0.05) is 22.6 Å². The summed E-state index contributed by atoms with van der Waals surface area (Å²) in [5.74, 6) is 1.83. The molecule has 3 rings (SSSR count). The molecule has 2 aliphatic rings. The summed E-state index contributed by atoms with van der Waals surface area (Å²) in [6, 6.07) is 6.86. The van der Waals surface area contributed by atoms with Gasteiger partial charge in [-0.05, 0) is 63.9 Å². The molecule has 0 bridgehead atoms. The van der Waals surface area contributed by atoms with Crippen LogP contribution in [0, 0.1) is 5.92 Å².